The van der Waals surface area contributed by atoms with E-state index in [1.165, 1.54) is 6.26 Å². The molecule has 1 aromatic heterocycles. The van der Waals surface area contributed by atoms with E-state index in [-0.39, 0.29) is 11.3 Å². The second-order valence-electron chi connectivity index (χ2n) is 13.3. The van der Waals surface area contributed by atoms with Gasteiger partial charge in [0.25, 0.3) is 0 Å². The first-order valence-electron chi connectivity index (χ1n) is 17.3. The fourth-order valence-electron chi connectivity index (χ4n) is 7.79. The van der Waals surface area contributed by atoms with Gasteiger partial charge in [0, 0.05) is 28.4 Å². The summed E-state index contributed by atoms with van der Waals surface area (Å²) >= 11 is 0. The maximum atomic E-state index is 10.9. The van der Waals surface area contributed by atoms with Gasteiger partial charge >= 0.3 is 0 Å². The molecule has 3 N–H and O–H groups in total. The van der Waals surface area contributed by atoms with Crippen LogP contribution in [0.5, 0.6) is 0 Å². The van der Waals surface area contributed by atoms with Crippen molar-refractivity contribution in [2.45, 2.75) is 25.7 Å². The lowest BCUT2D eigenvalue weighted by Gasteiger charge is -2.35. The summed E-state index contributed by atoms with van der Waals surface area (Å²) in [6.45, 7) is 4.31. The molecule has 0 amide bonds. The van der Waals surface area contributed by atoms with Crippen LogP contribution in [0.2, 0.25) is 0 Å². The highest BCUT2D eigenvalue weighted by atomic mass is 16.2. The summed E-state index contributed by atoms with van der Waals surface area (Å²) in [4.78, 5) is 4.91. The van der Waals surface area contributed by atoms with Crippen molar-refractivity contribution in [3.63, 3.8) is 0 Å². The monoisotopic (exact) mass is 650 g/mol. The summed E-state index contributed by atoms with van der Waals surface area (Å²) in [5.74, 6) is 0.264. The van der Waals surface area contributed by atoms with Gasteiger partial charge in [-0.05, 0) is 70.3 Å². The third-order valence-electron chi connectivity index (χ3n) is 10.3. The summed E-state index contributed by atoms with van der Waals surface area (Å²) < 4.78 is 0. The third kappa shape index (κ3) is 5.75. The number of allylic oxidation sites excluding steroid dienone is 15. The van der Waals surface area contributed by atoms with Crippen molar-refractivity contribution in [2.75, 3.05) is 0 Å². The Morgan fingerprint density at radius 3 is 2.48 bits per heavy atom. The van der Waals surface area contributed by atoms with Crippen LogP contribution in [0.25, 0.3) is 28.6 Å². The molecular weight excluding hydrogens is 609 g/mol. The van der Waals surface area contributed by atoms with Crippen molar-refractivity contribution in [1.82, 2.24) is 4.98 Å². The lowest BCUT2D eigenvalue weighted by molar-refractivity contribution is 0.394. The van der Waals surface area contributed by atoms with Crippen LogP contribution in [0.3, 0.4) is 0 Å². The second-order valence-corrected chi connectivity index (χ2v) is 13.3. The molecule has 0 fully saturated rings. The summed E-state index contributed by atoms with van der Waals surface area (Å²) in [7, 11) is 0. The highest BCUT2D eigenvalue weighted by Gasteiger charge is 2.49. The first kappa shape index (κ1) is 32.6. The molecule has 3 atom stereocenters. The molecule has 3 heteroatoms. The number of aliphatic hydroxyl groups excluding tert-OH is 1. The van der Waals surface area contributed by atoms with Crippen molar-refractivity contribution >= 4 is 17.3 Å². The zero-order valence-electron chi connectivity index (χ0n) is 28.6. The number of aromatic nitrogens is 1. The number of aliphatic hydroxyl groups is 1. The normalized spacial score (nSPS) is 23.0. The van der Waals surface area contributed by atoms with Gasteiger partial charge < -0.3 is 10.8 Å². The Kier molecular flexibility index (Phi) is 9.06. The van der Waals surface area contributed by atoms with Gasteiger partial charge in [-0.2, -0.15) is 0 Å². The number of rotatable bonds is 7. The summed E-state index contributed by atoms with van der Waals surface area (Å²) in [6.07, 6.45) is 34.1. The standard InChI is InChI=1S/C47H42N2O/c1-3-16-34(21-14-29-46(2,38-22-8-5-9-23-38)32-44(48)36-19-6-4-7-20-36)37-27-28-40-43(31-37)47(42-26-15-30-49-45(40)42)39(33-50)24-12-10-17-35-18-11-13-25-41(35)47/h3-22,24-33,38,50H,23,48H2,1-2H3/b16-3-,17-10-,24-12-,29-14+,34-21+,39-33-,44-32-. The number of nitrogens with two attached hydrogens (primary N) is 1. The van der Waals surface area contributed by atoms with E-state index < -0.39 is 5.41 Å². The van der Waals surface area contributed by atoms with Crippen LogP contribution in [0, 0.1) is 11.3 Å². The largest absolute Gasteiger partial charge is 0.515 e. The Bertz CT molecular complexity index is 2190. The van der Waals surface area contributed by atoms with Crippen molar-refractivity contribution < 1.29 is 5.11 Å². The molecular formula is C47H42N2O. The van der Waals surface area contributed by atoms with E-state index in [4.69, 9.17) is 10.7 Å². The van der Waals surface area contributed by atoms with Crippen molar-refractivity contribution in [3.05, 3.63) is 215 Å². The fraction of sp³-hybridized carbons (Fsp3) is 0.128. The lowest BCUT2D eigenvalue weighted by atomic mass is 9.65. The van der Waals surface area contributed by atoms with E-state index in [0.29, 0.717) is 0 Å². The Morgan fingerprint density at radius 2 is 1.68 bits per heavy atom. The molecule has 3 nitrogen and oxygen atoms in total. The Balaban J connectivity index is 1.37. The molecule has 7 rings (SSSR count). The van der Waals surface area contributed by atoms with Gasteiger partial charge in [0.15, 0.2) is 0 Å². The number of hydrogen-bond acceptors (Lipinski definition) is 3. The van der Waals surface area contributed by atoms with Crippen molar-refractivity contribution in [3.8, 4) is 11.3 Å². The first-order valence-corrected chi connectivity index (χ1v) is 17.3. The highest BCUT2D eigenvalue weighted by Crippen LogP contribution is 2.57. The SMILES string of the molecule is C\C=C/C(=C\C=C\C(C)(/C=C(\N)c1ccccc1)C1C=CC=CC1)c1ccc2c(c1)C1(C(=C\O)/C=C\C=C/c3ccccc31)c1cccnc1-2. The van der Waals surface area contributed by atoms with Crippen LogP contribution in [0.15, 0.2) is 182 Å². The molecule has 0 saturated carbocycles. The van der Waals surface area contributed by atoms with E-state index >= 15 is 0 Å². The Labute approximate surface area is 295 Å². The van der Waals surface area contributed by atoms with Gasteiger partial charge in [0.2, 0.25) is 0 Å². The molecule has 3 aliphatic rings. The summed E-state index contributed by atoms with van der Waals surface area (Å²) in [6, 6.07) is 29.4. The number of fused-ring (bicyclic) bond motifs is 7. The van der Waals surface area contributed by atoms with E-state index in [0.717, 1.165) is 67.9 Å². The predicted octanol–water partition coefficient (Wildman–Crippen LogP) is 11.1. The molecule has 3 unspecified atom stereocenters. The predicted molar refractivity (Wildman–Crippen MR) is 210 cm³/mol. The lowest BCUT2D eigenvalue weighted by Crippen LogP contribution is -2.30. The molecule has 0 bridgehead atoms. The number of pyridine rings is 1. The quantitative estimate of drug-likeness (QED) is 0.155. The third-order valence-corrected chi connectivity index (χ3v) is 10.3. The highest BCUT2D eigenvalue weighted by molar-refractivity contribution is 5.88. The van der Waals surface area contributed by atoms with Crippen LogP contribution in [0.4, 0.5) is 0 Å². The summed E-state index contributed by atoms with van der Waals surface area (Å²) in [5.41, 5.74) is 16.8. The van der Waals surface area contributed by atoms with Crippen LogP contribution in [-0.4, -0.2) is 10.1 Å². The van der Waals surface area contributed by atoms with Gasteiger partial charge in [-0.3, -0.25) is 4.98 Å². The molecule has 0 radical (unpaired) electrons. The van der Waals surface area contributed by atoms with E-state index in [1.807, 2.05) is 55.6 Å². The van der Waals surface area contributed by atoms with E-state index in [1.54, 1.807) is 0 Å². The molecule has 3 aliphatic carbocycles. The fourth-order valence-corrected chi connectivity index (χ4v) is 7.79. The van der Waals surface area contributed by atoms with Gasteiger partial charge in [-0.25, -0.2) is 0 Å². The molecule has 50 heavy (non-hydrogen) atoms. The molecule has 0 aliphatic heterocycles. The smallest absolute Gasteiger partial charge is 0.0839 e. The van der Waals surface area contributed by atoms with Crippen LogP contribution >= 0.6 is 0 Å². The van der Waals surface area contributed by atoms with Gasteiger partial charge in [-0.15, -0.1) is 0 Å². The van der Waals surface area contributed by atoms with Crippen LogP contribution in [-0.2, 0) is 5.41 Å². The zero-order valence-corrected chi connectivity index (χ0v) is 28.6. The maximum Gasteiger partial charge on any atom is 0.0839 e. The van der Waals surface area contributed by atoms with E-state index in [2.05, 4.69) is 134 Å². The minimum Gasteiger partial charge on any atom is -0.515 e. The zero-order chi connectivity index (χ0) is 34.6. The minimum atomic E-state index is -0.752. The maximum absolute atomic E-state index is 10.9. The van der Waals surface area contributed by atoms with Gasteiger partial charge in [0.05, 0.1) is 17.4 Å². The molecule has 0 saturated heterocycles. The first-order chi connectivity index (χ1) is 24.5. The molecule has 246 valence electrons. The average molecular weight is 651 g/mol. The number of benzene rings is 3. The second kappa shape index (κ2) is 13.9. The summed E-state index contributed by atoms with van der Waals surface area (Å²) in [5, 5.41) is 10.9. The topological polar surface area (TPSA) is 59.1 Å². The molecule has 1 heterocycles. The Morgan fingerprint density at radius 1 is 0.880 bits per heavy atom. The molecule has 1 spiro atoms. The number of hydrogen-bond donors (Lipinski definition) is 2. The number of nitrogens with zero attached hydrogens (tertiary/aromatic N) is 1. The van der Waals surface area contributed by atoms with Crippen molar-refractivity contribution in [1.29, 1.82) is 0 Å². The van der Waals surface area contributed by atoms with Gasteiger partial charge in [0.1, 0.15) is 0 Å². The Hall–Kier alpha value is -5.93. The molecule has 3 aromatic carbocycles. The van der Waals surface area contributed by atoms with E-state index in [9.17, 15) is 5.11 Å². The molecule has 4 aromatic rings. The average Bonchev–Trinajstić information content (AvgIpc) is 3.45. The van der Waals surface area contributed by atoms with Crippen molar-refractivity contribution in [2.24, 2.45) is 17.1 Å². The van der Waals surface area contributed by atoms with Crippen LogP contribution in [0.1, 0.15) is 53.6 Å². The van der Waals surface area contributed by atoms with Crippen LogP contribution < -0.4 is 5.73 Å². The van der Waals surface area contributed by atoms with Gasteiger partial charge in [-0.1, -0.05) is 165 Å². The minimum absolute atomic E-state index is 0.264.